The highest BCUT2D eigenvalue weighted by molar-refractivity contribution is 5.43. The fourth-order valence-corrected chi connectivity index (χ4v) is 2.68. The second-order valence-corrected chi connectivity index (χ2v) is 6.30. The van der Waals surface area contributed by atoms with Gasteiger partial charge in [0.1, 0.15) is 5.75 Å². The highest BCUT2D eigenvalue weighted by Crippen LogP contribution is 2.25. The van der Waals surface area contributed by atoms with E-state index < -0.39 is 0 Å². The number of ether oxygens (including phenoxy) is 1. The molecular weight excluding hydrogens is 246 g/mol. The van der Waals surface area contributed by atoms with Gasteiger partial charge in [-0.3, -0.25) is 0 Å². The van der Waals surface area contributed by atoms with Crippen LogP contribution < -0.4 is 10.1 Å². The van der Waals surface area contributed by atoms with Crippen molar-refractivity contribution < 1.29 is 4.74 Å². The standard InChI is InChI=1S/C18H31NO/c1-13(2)19-10-9-14(3)7-8-17-11-15(4)18(20-6)16(5)12-17/h11-14,19H,7-10H2,1-6H3. The van der Waals surface area contributed by atoms with Gasteiger partial charge < -0.3 is 10.1 Å². The average molecular weight is 277 g/mol. The van der Waals surface area contributed by atoms with E-state index in [1.165, 1.54) is 29.5 Å². The molecule has 1 rings (SSSR count). The van der Waals surface area contributed by atoms with Crippen LogP contribution in [0.1, 0.15) is 50.3 Å². The minimum atomic E-state index is 0.592. The maximum atomic E-state index is 5.42. The van der Waals surface area contributed by atoms with Crippen molar-refractivity contribution in [1.29, 1.82) is 0 Å². The molecule has 0 aliphatic rings. The number of rotatable bonds is 8. The Balaban J connectivity index is 2.45. The minimum absolute atomic E-state index is 0.592. The predicted octanol–water partition coefficient (Wildman–Crippen LogP) is 4.27. The summed E-state index contributed by atoms with van der Waals surface area (Å²) in [6, 6.07) is 5.13. The molecule has 2 nitrogen and oxygen atoms in total. The van der Waals surface area contributed by atoms with E-state index in [0.717, 1.165) is 24.6 Å². The smallest absolute Gasteiger partial charge is 0.124 e. The van der Waals surface area contributed by atoms with Crippen molar-refractivity contribution in [3.05, 3.63) is 28.8 Å². The fourth-order valence-electron chi connectivity index (χ4n) is 2.68. The molecule has 1 atom stereocenters. The molecule has 0 bridgehead atoms. The molecule has 0 radical (unpaired) electrons. The Morgan fingerprint density at radius 2 is 1.65 bits per heavy atom. The lowest BCUT2D eigenvalue weighted by Gasteiger charge is -2.15. The first-order chi connectivity index (χ1) is 9.43. The van der Waals surface area contributed by atoms with E-state index in [0.29, 0.717) is 6.04 Å². The second kappa shape index (κ2) is 8.31. The van der Waals surface area contributed by atoms with E-state index in [1.54, 1.807) is 7.11 Å². The van der Waals surface area contributed by atoms with Crippen LogP contribution in [0.5, 0.6) is 5.75 Å². The third-order valence-corrected chi connectivity index (χ3v) is 3.84. The summed E-state index contributed by atoms with van der Waals surface area (Å²) >= 11 is 0. The van der Waals surface area contributed by atoms with Crippen LogP contribution in [0.4, 0.5) is 0 Å². The van der Waals surface area contributed by atoms with Gasteiger partial charge in [0.2, 0.25) is 0 Å². The Bertz CT molecular complexity index is 389. The van der Waals surface area contributed by atoms with Crippen molar-refractivity contribution in [2.24, 2.45) is 5.92 Å². The Morgan fingerprint density at radius 1 is 1.05 bits per heavy atom. The number of nitrogens with one attached hydrogen (secondary N) is 1. The summed E-state index contributed by atoms with van der Waals surface area (Å²) in [6.45, 7) is 12.1. The Morgan fingerprint density at radius 3 is 2.15 bits per heavy atom. The van der Waals surface area contributed by atoms with Crippen molar-refractivity contribution in [3.63, 3.8) is 0 Å². The van der Waals surface area contributed by atoms with Crippen molar-refractivity contribution in [2.45, 2.75) is 59.9 Å². The molecule has 0 spiro atoms. The number of aryl methyl sites for hydroxylation is 3. The van der Waals surface area contributed by atoms with E-state index in [4.69, 9.17) is 4.74 Å². The second-order valence-electron chi connectivity index (χ2n) is 6.30. The Kier molecular flexibility index (Phi) is 7.08. The van der Waals surface area contributed by atoms with Crippen LogP contribution >= 0.6 is 0 Å². The Labute approximate surface area is 124 Å². The molecule has 1 unspecified atom stereocenters. The lowest BCUT2D eigenvalue weighted by atomic mass is 9.96. The van der Waals surface area contributed by atoms with Crippen LogP contribution in [-0.2, 0) is 6.42 Å². The zero-order chi connectivity index (χ0) is 15.1. The first-order valence-corrected chi connectivity index (χ1v) is 7.81. The number of methoxy groups -OCH3 is 1. The van der Waals surface area contributed by atoms with Crippen molar-refractivity contribution in [2.75, 3.05) is 13.7 Å². The molecule has 1 aromatic rings. The normalized spacial score (nSPS) is 12.8. The van der Waals surface area contributed by atoms with Crippen LogP contribution in [0, 0.1) is 19.8 Å². The largest absolute Gasteiger partial charge is 0.496 e. The molecule has 0 aliphatic heterocycles. The Hall–Kier alpha value is -1.02. The van der Waals surface area contributed by atoms with Crippen LogP contribution in [0.2, 0.25) is 0 Å². The minimum Gasteiger partial charge on any atom is -0.496 e. The zero-order valence-electron chi connectivity index (χ0n) is 14.0. The first kappa shape index (κ1) is 17.0. The SMILES string of the molecule is COc1c(C)cc(CCC(C)CCNC(C)C)cc1C. The van der Waals surface area contributed by atoms with E-state index in [1.807, 2.05) is 0 Å². The first-order valence-electron chi connectivity index (χ1n) is 7.81. The third-order valence-electron chi connectivity index (χ3n) is 3.84. The monoisotopic (exact) mass is 277 g/mol. The molecule has 0 heterocycles. The molecule has 20 heavy (non-hydrogen) atoms. The number of hydrogen-bond donors (Lipinski definition) is 1. The lowest BCUT2D eigenvalue weighted by Crippen LogP contribution is -2.25. The third kappa shape index (κ3) is 5.54. The summed E-state index contributed by atoms with van der Waals surface area (Å²) in [6.07, 6.45) is 3.67. The van der Waals surface area contributed by atoms with Crippen molar-refractivity contribution in [1.82, 2.24) is 5.32 Å². The number of benzene rings is 1. The summed E-state index contributed by atoms with van der Waals surface area (Å²) in [5, 5.41) is 3.49. The molecule has 0 aliphatic carbocycles. The van der Waals surface area contributed by atoms with Crippen molar-refractivity contribution in [3.8, 4) is 5.75 Å². The van der Waals surface area contributed by atoms with Gasteiger partial charge in [-0.25, -0.2) is 0 Å². The van der Waals surface area contributed by atoms with Gasteiger partial charge in [0, 0.05) is 6.04 Å². The quantitative estimate of drug-likeness (QED) is 0.766. The van der Waals surface area contributed by atoms with Crippen LogP contribution in [0.25, 0.3) is 0 Å². The molecule has 0 saturated heterocycles. The van der Waals surface area contributed by atoms with Gasteiger partial charge in [-0.1, -0.05) is 32.9 Å². The predicted molar refractivity (Wildman–Crippen MR) is 87.7 cm³/mol. The van der Waals surface area contributed by atoms with Crippen LogP contribution in [0.3, 0.4) is 0 Å². The summed E-state index contributed by atoms with van der Waals surface area (Å²) in [5.41, 5.74) is 3.93. The van der Waals surface area contributed by atoms with Gasteiger partial charge >= 0.3 is 0 Å². The van der Waals surface area contributed by atoms with Crippen LogP contribution in [0.15, 0.2) is 12.1 Å². The van der Waals surface area contributed by atoms with Gasteiger partial charge in [-0.2, -0.15) is 0 Å². The summed E-state index contributed by atoms with van der Waals surface area (Å²) < 4.78 is 5.42. The van der Waals surface area contributed by atoms with Gasteiger partial charge in [-0.15, -0.1) is 0 Å². The van der Waals surface area contributed by atoms with Crippen molar-refractivity contribution >= 4 is 0 Å². The highest BCUT2D eigenvalue weighted by atomic mass is 16.5. The molecule has 0 amide bonds. The fraction of sp³-hybridized carbons (Fsp3) is 0.667. The maximum Gasteiger partial charge on any atom is 0.124 e. The summed E-state index contributed by atoms with van der Waals surface area (Å²) in [4.78, 5) is 0. The zero-order valence-corrected chi connectivity index (χ0v) is 14.0. The van der Waals surface area contributed by atoms with E-state index in [2.05, 4.69) is 52.1 Å². The molecule has 2 heteroatoms. The maximum absolute atomic E-state index is 5.42. The molecule has 1 N–H and O–H groups in total. The van der Waals surface area contributed by atoms with Crippen LogP contribution in [-0.4, -0.2) is 19.7 Å². The summed E-state index contributed by atoms with van der Waals surface area (Å²) in [5.74, 6) is 1.80. The number of hydrogen-bond acceptors (Lipinski definition) is 2. The van der Waals surface area contributed by atoms with Gasteiger partial charge in [0.25, 0.3) is 0 Å². The molecule has 114 valence electrons. The lowest BCUT2D eigenvalue weighted by molar-refractivity contribution is 0.408. The molecular formula is C18H31NO. The van der Waals surface area contributed by atoms with Gasteiger partial charge in [-0.05, 0) is 62.3 Å². The molecule has 1 aromatic carbocycles. The van der Waals surface area contributed by atoms with E-state index >= 15 is 0 Å². The summed E-state index contributed by atoms with van der Waals surface area (Å²) in [7, 11) is 1.75. The van der Waals surface area contributed by atoms with E-state index in [9.17, 15) is 0 Å². The average Bonchev–Trinajstić information content (AvgIpc) is 2.35. The molecule has 0 fully saturated rings. The molecule has 0 saturated carbocycles. The topological polar surface area (TPSA) is 21.3 Å². The molecule has 0 aromatic heterocycles. The van der Waals surface area contributed by atoms with Gasteiger partial charge in [0.15, 0.2) is 0 Å². The van der Waals surface area contributed by atoms with E-state index in [-0.39, 0.29) is 0 Å². The van der Waals surface area contributed by atoms with Gasteiger partial charge in [0.05, 0.1) is 7.11 Å². The highest BCUT2D eigenvalue weighted by Gasteiger charge is 2.07.